The van der Waals surface area contributed by atoms with Crippen molar-refractivity contribution in [1.82, 2.24) is 4.31 Å². The van der Waals surface area contributed by atoms with Crippen molar-refractivity contribution in [3.63, 3.8) is 0 Å². The van der Waals surface area contributed by atoms with Crippen LogP contribution in [0.4, 0.5) is 18.9 Å². The van der Waals surface area contributed by atoms with Gasteiger partial charge in [0.25, 0.3) is 10.0 Å². The van der Waals surface area contributed by atoms with Crippen LogP contribution in [-0.4, -0.2) is 42.4 Å². The standard InChI is InChI=1S/C24H16ClF3N2O6S/c25-15-10-8-14(9-11-15)22(32)21-23(33)18-6-1-2-7-19(18)37(34,35)30(21)13-20(31)29-16-4-3-5-17(12-16)36-24(26,27)28/h1-12,32H,13H2,(H,29,31)/b22-21+. The van der Waals surface area contributed by atoms with E-state index >= 15 is 0 Å². The van der Waals surface area contributed by atoms with Crippen molar-refractivity contribution in [3.05, 3.63) is 94.6 Å². The molecule has 0 unspecified atom stereocenters. The fourth-order valence-electron chi connectivity index (χ4n) is 3.59. The third kappa shape index (κ3) is 5.54. The van der Waals surface area contributed by atoms with Crippen LogP contribution in [-0.2, 0) is 14.8 Å². The number of ether oxygens (including phenoxy) is 1. The maximum atomic E-state index is 13.4. The molecule has 0 atom stereocenters. The lowest BCUT2D eigenvalue weighted by atomic mass is 10.0. The van der Waals surface area contributed by atoms with Gasteiger partial charge < -0.3 is 15.2 Å². The predicted octanol–water partition coefficient (Wildman–Crippen LogP) is 4.99. The number of rotatable bonds is 5. The molecule has 0 aliphatic carbocycles. The van der Waals surface area contributed by atoms with Crippen molar-refractivity contribution in [1.29, 1.82) is 0 Å². The summed E-state index contributed by atoms with van der Waals surface area (Å²) < 4.78 is 68.7. The Hall–Kier alpha value is -4.03. The van der Waals surface area contributed by atoms with E-state index in [0.29, 0.717) is 9.33 Å². The summed E-state index contributed by atoms with van der Waals surface area (Å²) in [6.07, 6.45) is -4.96. The Morgan fingerprint density at radius 1 is 1.03 bits per heavy atom. The summed E-state index contributed by atoms with van der Waals surface area (Å²) in [5.41, 5.74) is -0.943. The molecule has 1 heterocycles. The van der Waals surface area contributed by atoms with Crippen LogP contribution in [0.2, 0.25) is 5.02 Å². The minimum absolute atomic E-state index is 0.0599. The largest absolute Gasteiger partial charge is 0.573 e. The molecular weight excluding hydrogens is 537 g/mol. The van der Waals surface area contributed by atoms with E-state index < -0.39 is 51.8 Å². The maximum Gasteiger partial charge on any atom is 0.573 e. The summed E-state index contributed by atoms with van der Waals surface area (Å²) in [5, 5.41) is 13.5. The number of alkyl halides is 3. The average Bonchev–Trinajstić information content (AvgIpc) is 2.82. The first kappa shape index (κ1) is 26.0. The van der Waals surface area contributed by atoms with Crippen LogP contribution in [0.3, 0.4) is 0 Å². The number of anilines is 1. The smallest absolute Gasteiger partial charge is 0.505 e. The topological polar surface area (TPSA) is 113 Å². The zero-order chi connectivity index (χ0) is 27.0. The van der Waals surface area contributed by atoms with E-state index in [1.165, 1.54) is 60.7 Å². The normalized spacial score (nSPS) is 16.1. The summed E-state index contributed by atoms with van der Waals surface area (Å²) in [4.78, 5) is 25.8. The molecule has 37 heavy (non-hydrogen) atoms. The molecule has 0 spiro atoms. The molecule has 1 aliphatic heterocycles. The molecule has 192 valence electrons. The molecule has 0 aromatic heterocycles. The van der Waals surface area contributed by atoms with Gasteiger partial charge in [0.2, 0.25) is 11.7 Å². The summed E-state index contributed by atoms with van der Waals surface area (Å²) in [6, 6.07) is 15.2. The number of nitrogens with one attached hydrogen (secondary N) is 1. The van der Waals surface area contributed by atoms with E-state index in [2.05, 4.69) is 10.1 Å². The van der Waals surface area contributed by atoms with Crippen molar-refractivity contribution in [2.24, 2.45) is 0 Å². The van der Waals surface area contributed by atoms with Gasteiger partial charge in [-0.3, -0.25) is 9.59 Å². The van der Waals surface area contributed by atoms with E-state index in [1.807, 2.05) is 0 Å². The molecule has 13 heteroatoms. The number of carbonyl (C=O) groups is 2. The third-order valence-corrected chi connectivity index (χ3v) is 7.20. The molecule has 0 radical (unpaired) electrons. The van der Waals surface area contributed by atoms with Gasteiger partial charge in [-0.25, -0.2) is 12.7 Å². The van der Waals surface area contributed by atoms with Crippen molar-refractivity contribution < 1.29 is 41.0 Å². The summed E-state index contributed by atoms with van der Waals surface area (Å²) in [6.45, 7) is -0.972. The van der Waals surface area contributed by atoms with Crippen LogP contribution >= 0.6 is 11.6 Å². The lowest BCUT2D eigenvalue weighted by Crippen LogP contribution is -2.43. The van der Waals surface area contributed by atoms with Crippen molar-refractivity contribution in [3.8, 4) is 5.75 Å². The first-order chi connectivity index (χ1) is 17.4. The number of halogens is 4. The van der Waals surface area contributed by atoms with Gasteiger partial charge in [0.1, 0.15) is 18.0 Å². The Morgan fingerprint density at radius 2 is 1.70 bits per heavy atom. The summed E-state index contributed by atoms with van der Waals surface area (Å²) in [7, 11) is -4.51. The molecule has 4 rings (SSSR count). The van der Waals surface area contributed by atoms with E-state index in [-0.39, 0.29) is 21.7 Å². The highest BCUT2D eigenvalue weighted by molar-refractivity contribution is 7.89. The Balaban J connectivity index is 1.73. The summed E-state index contributed by atoms with van der Waals surface area (Å²) in [5.74, 6) is -3.18. The van der Waals surface area contributed by atoms with Gasteiger partial charge in [-0.2, -0.15) is 0 Å². The van der Waals surface area contributed by atoms with Crippen LogP contribution in [0.25, 0.3) is 5.76 Å². The first-order valence-electron chi connectivity index (χ1n) is 10.4. The molecule has 0 fully saturated rings. The monoisotopic (exact) mass is 552 g/mol. The van der Waals surface area contributed by atoms with E-state index in [9.17, 15) is 36.3 Å². The molecular formula is C24H16ClF3N2O6S. The minimum atomic E-state index is -4.96. The van der Waals surface area contributed by atoms with Gasteiger partial charge >= 0.3 is 6.36 Å². The fraction of sp³-hybridized carbons (Fsp3) is 0.0833. The number of sulfonamides is 1. The summed E-state index contributed by atoms with van der Waals surface area (Å²) >= 11 is 5.87. The van der Waals surface area contributed by atoms with E-state index in [1.54, 1.807) is 0 Å². The first-order valence-corrected chi connectivity index (χ1v) is 12.2. The minimum Gasteiger partial charge on any atom is -0.505 e. The van der Waals surface area contributed by atoms with Gasteiger partial charge in [-0.05, 0) is 48.5 Å². The number of Topliss-reactive ketones (excluding diaryl/α,β-unsaturated/α-hetero) is 1. The molecule has 1 aliphatic rings. The average molecular weight is 553 g/mol. The Kier molecular flexibility index (Phi) is 6.89. The van der Waals surface area contributed by atoms with Gasteiger partial charge in [-0.1, -0.05) is 29.8 Å². The SMILES string of the molecule is O=C(CN1/C(=C(/O)c2ccc(Cl)cc2)C(=O)c2ccccc2S1(=O)=O)Nc1cccc(OC(F)(F)F)c1. The number of allylic oxidation sites excluding steroid dienone is 1. The van der Waals surface area contributed by atoms with E-state index in [0.717, 1.165) is 12.1 Å². The van der Waals surface area contributed by atoms with Gasteiger partial charge in [0.15, 0.2) is 5.76 Å². The number of carbonyl (C=O) groups excluding carboxylic acids is 2. The quantitative estimate of drug-likeness (QED) is 0.340. The molecule has 3 aromatic carbocycles. The molecule has 0 saturated carbocycles. The highest BCUT2D eigenvalue weighted by atomic mass is 35.5. The van der Waals surface area contributed by atoms with Crippen LogP contribution in [0.1, 0.15) is 15.9 Å². The predicted molar refractivity (Wildman–Crippen MR) is 127 cm³/mol. The number of amides is 1. The molecule has 8 nitrogen and oxygen atoms in total. The van der Waals surface area contributed by atoms with Crippen molar-refractivity contribution in [2.45, 2.75) is 11.3 Å². The molecule has 0 bridgehead atoms. The van der Waals surface area contributed by atoms with Gasteiger partial charge in [0.05, 0.1) is 4.90 Å². The second-order valence-electron chi connectivity index (χ2n) is 7.66. The van der Waals surface area contributed by atoms with Crippen LogP contribution in [0.5, 0.6) is 5.75 Å². The fourth-order valence-corrected chi connectivity index (χ4v) is 5.34. The van der Waals surface area contributed by atoms with Gasteiger partial charge in [-0.15, -0.1) is 13.2 Å². The number of hydrogen-bond donors (Lipinski definition) is 2. The molecule has 1 amide bonds. The van der Waals surface area contributed by atoms with Gasteiger partial charge in [0, 0.05) is 27.9 Å². The number of aliphatic hydroxyl groups is 1. The van der Waals surface area contributed by atoms with Crippen LogP contribution in [0, 0.1) is 0 Å². The lowest BCUT2D eigenvalue weighted by Gasteiger charge is -2.31. The number of hydrogen-bond acceptors (Lipinski definition) is 6. The maximum absolute atomic E-state index is 13.4. The lowest BCUT2D eigenvalue weighted by molar-refractivity contribution is -0.274. The van der Waals surface area contributed by atoms with Crippen molar-refractivity contribution >= 4 is 44.8 Å². The Bertz CT molecular complexity index is 1520. The Morgan fingerprint density at radius 3 is 2.38 bits per heavy atom. The third-order valence-electron chi connectivity index (χ3n) is 5.14. The van der Waals surface area contributed by atoms with Crippen LogP contribution < -0.4 is 10.1 Å². The highest BCUT2D eigenvalue weighted by Crippen LogP contribution is 2.35. The zero-order valence-corrected chi connectivity index (χ0v) is 20.1. The molecule has 3 aromatic rings. The number of aliphatic hydroxyl groups excluding tert-OH is 1. The Labute approximate surface area is 213 Å². The second-order valence-corrected chi connectivity index (χ2v) is 9.93. The molecule has 0 saturated heterocycles. The number of fused-ring (bicyclic) bond motifs is 1. The van der Waals surface area contributed by atoms with Crippen LogP contribution in [0.15, 0.2) is 83.4 Å². The van der Waals surface area contributed by atoms with Crippen molar-refractivity contribution in [2.75, 3.05) is 11.9 Å². The highest BCUT2D eigenvalue weighted by Gasteiger charge is 2.42. The number of benzene rings is 3. The molecule has 2 N–H and O–H groups in total. The second kappa shape index (κ2) is 9.79. The zero-order valence-electron chi connectivity index (χ0n) is 18.5. The number of ketones is 1. The number of nitrogens with zero attached hydrogens (tertiary/aromatic N) is 1. The van der Waals surface area contributed by atoms with E-state index in [4.69, 9.17) is 11.6 Å².